The highest BCUT2D eigenvalue weighted by Gasteiger charge is 2.11. The predicted molar refractivity (Wildman–Crippen MR) is 55.6 cm³/mol. The molecule has 0 radical (unpaired) electrons. The second-order valence-corrected chi connectivity index (χ2v) is 4.40. The lowest BCUT2D eigenvalue weighted by Gasteiger charge is -2.12. The second kappa shape index (κ2) is 4.82. The maximum Gasteiger partial charge on any atom is 0.118 e. The first-order chi connectivity index (χ1) is 6.11. The molecule has 0 fully saturated rings. The number of aliphatic hydroxyl groups is 1. The van der Waals surface area contributed by atoms with Crippen LogP contribution >= 0.6 is 15.9 Å². The van der Waals surface area contributed by atoms with Gasteiger partial charge in [-0.1, -0.05) is 13.8 Å². The average Bonchev–Trinajstić information content (AvgIpc) is 2.47. The van der Waals surface area contributed by atoms with Crippen LogP contribution < -0.4 is 0 Å². The van der Waals surface area contributed by atoms with Crippen LogP contribution in [-0.4, -0.2) is 11.2 Å². The maximum atomic E-state index is 9.56. The van der Waals surface area contributed by atoms with Crippen molar-refractivity contribution in [1.82, 2.24) is 0 Å². The highest BCUT2D eigenvalue weighted by molar-refractivity contribution is 9.10. The van der Waals surface area contributed by atoms with E-state index in [2.05, 4.69) is 15.9 Å². The minimum Gasteiger partial charge on any atom is -0.468 e. The summed E-state index contributed by atoms with van der Waals surface area (Å²) in [6.45, 7) is 4.03. The predicted octanol–water partition coefficient (Wildman–Crippen LogP) is 2.99. The van der Waals surface area contributed by atoms with E-state index < -0.39 is 0 Å². The van der Waals surface area contributed by atoms with Gasteiger partial charge in [-0.2, -0.15) is 0 Å². The van der Waals surface area contributed by atoms with Gasteiger partial charge in [0.1, 0.15) is 5.76 Å². The van der Waals surface area contributed by atoms with Crippen LogP contribution in [-0.2, 0) is 6.42 Å². The number of halogens is 1. The third kappa shape index (κ3) is 3.16. The summed E-state index contributed by atoms with van der Waals surface area (Å²) in [4.78, 5) is 0. The molecule has 0 aromatic carbocycles. The fourth-order valence-corrected chi connectivity index (χ4v) is 1.52. The van der Waals surface area contributed by atoms with Crippen molar-refractivity contribution in [3.8, 4) is 0 Å². The summed E-state index contributed by atoms with van der Waals surface area (Å²) in [5, 5.41) is 9.56. The van der Waals surface area contributed by atoms with Crippen LogP contribution in [0.25, 0.3) is 0 Å². The standard InChI is InChI=1S/C10H15BrO2/c1-7(2)9(12)3-4-10-8(11)5-6-13-10/h5-7,9,12H,3-4H2,1-2H3. The molecule has 0 aliphatic heterocycles. The van der Waals surface area contributed by atoms with Gasteiger partial charge < -0.3 is 9.52 Å². The van der Waals surface area contributed by atoms with E-state index in [4.69, 9.17) is 4.42 Å². The lowest BCUT2D eigenvalue weighted by atomic mass is 10.0. The zero-order valence-corrected chi connectivity index (χ0v) is 9.54. The molecule has 0 spiro atoms. The van der Waals surface area contributed by atoms with Crippen molar-refractivity contribution in [2.24, 2.45) is 5.92 Å². The minimum absolute atomic E-state index is 0.239. The van der Waals surface area contributed by atoms with E-state index >= 15 is 0 Å². The largest absolute Gasteiger partial charge is 0.468 e. The van der Waals surface area contributed by atoms with Crippen molar-refractivity contribution in [3.05, 3.63) is 22.6 Å². The molecule has 1 rings (SSSR count). The Balaban J connectivity index is 2.39. The smallest absolute Gasteiger partial charge is 0.118 e. The third-order valence-corrected chi connectivity index (χ3v) is 2.83. The first-order valence-electron chi connectivity index (χ1n) is 4.51. The molecular formula is C10H15BrO2. The number of hydrogen-bond acceptors (Lipinski definition) is 2. The highest BCUT2D eigenvalue weighted by Crippen LogP contribution is 2.20. The van der Waals surface area contributed by atoms with Crippen LogP contribution in [0.2, 0.25) is 0 Å². The van der Waals surface area contributed by atoms with E-state index in [1.54, 1.807) is 6.26 Å². The first-order valence-corrected chi connectivity index (χ1v) is 5.30. The Kier molecular flexibility index (Phi) is 4.00. The quantitative estimate of drug-likeness (QED) is 0.887. The summed E-state index contributed by atoms with van der Waals surface area (Å²) in [5.41, 5.74) is 0. The van der Waals surface area contributed by atoms with Crippen LogP contribution in [0.3, 0.4) is 0 Å². The Morgan fingerprint density at radius 1 is 1.54 bits per heavy atom. The monoisotopic (exact) mass is 246 g/mol. The Bertz CT molecular complexity index is 255. The van der Waals surface area contributed by atoms with Gasteiger partial charge in [-0.25, -0.2) is 0 Å². The molecule has 1 aromatic rings. The van der Waals surface area contributed by atoms with Gasteiger partial charge in [0.25, 0.3) is 0 Å². The molecular weight excluding hydrogens is 232 g/mol. The summed E-state index contributed by atoms with van der Waals surface area (Å²) in [6, 6.07) is 1.87. The van der Waals surface area contributed by atoms with E-state index in [1.807, 2.05) is 19.9 Å². The van der Waals surface area contributed by atoms with Crippen LogP contribution in [0.15, 0.2) is 21.2 Å². The van der Waals surface area contributed by atoms with E-state index in [-0.39, 0.29) is 6.10 Å². The van der Waals surface area contributed by atoms with Gasteiger partial charge in [0.15, 0.2) is 0 Å². The summed E-state index contributed by atoms with van der Waals surface area (Å²) in [6.07, 6.45) is 2.95. The number of hydrogen-bond donors (Lipinski definition) is 1. The Hall–Kier alpha value is -0.280. The summed E-state index contributed by atoms with van der Waals surface area (Å²) in [5.74, 6) is 1.23. The lowest BCUT2D eigenvalue weighted by molar-refractivity contribution is 0.115. The van der Waals surface area contributed by atoms with Crippen LogP contribution in [0.5, 0.6) is 0 Å². The number of aliphatic hydroxyl groups excluding tert-OH is 1. The normalized spacial score (nSPS) is 13.6. The first kappa shape index (κ1) is 10.8. The molecule has 1 aromatic heterocycles. The molecule has 0 aliphatic carbocycles. The van der Waals surface area contributed by atoms with Gasteiger partial charge in [-0.15, -0.1) is 0 Å². The van der Waals surface area contributed by atoms with Gasteiger partial charge in [0.2, 0.25) is 0 Å². The van der Waals surface area contributed by atoms with Crippen LogP contribution in [0.4, 0.5) is 0 Å². The van der Waals surface area contributed by atoms with Crippen LogP contribution in [0.1, 0.15) is 26.0 Å². The maximum absolute atomic E-state index is 9.56. The van der Waals surface area contributed by atoms with Crippen molar-refractivity contribution in [3.63, 3.8) is 0 Å². The molecule has 0 saturated heterocycles. The van der Waals surface area contributed by atoms with E-state index in [0.29, 0.717) is 5.92 Å². The Morgan fingerprint density at radius 3 is 2.69 bits per heavy atom. The van der Waals surface area contributed by atoms with Crippen molar-refractivity contribution < 1.29 is 9.52 Å². The molecule has 1 N–H and O–H groups in total. The molecule has 0 aliphatic rings. The van der Waals surface area contributed by atoms with Gasteiger partial charge in [-0.3, -0.25) is 0 Å². The van der Waals surface area contributed by atoms with Crippen molar-refractivity contribution in [1.29, 1.82) is 0 Å². The van der Waals surface area contributed by atoms with Crippen molar-refractivity contribution in [2.45, 2.75) is 32.8 Å². The molecule has 0 saturated carbocycles. The zero-order chi connectivity index (χ0) is 9.84. The summed E-state index contributed by atoms with van der Waals surface area (Å²) >= 11 is 3.38. The Morgan fingerprint density at radius 2 is 2.23 bits per heavy atom. The molecule has 1 atom stereocenters. The molecule has 13 heavy (non-hydrogen) atoms. The SMILES string of the molecule is CC(C)C(O)CCc1occc1Br. The van der Waals surface area contributed by atoms with Crippen molar-refractivity contribution in [2.75, 3.05) is 0 Å². The van der Waals surface area contributed by atoms with Gasteiger partial charge in [-0.05, 0) is 34.3 Å². The van der Waals surface area contributed by atoms with Gasteiger partial charge in [0, 0.05) is 6.42 Å². The van der Waals surface area contributed by atoms with E-state index in [1.165, 1.54) is 0 Å². The molecule has 3 heteroatoms. The number of aryl methyl sites for hydroxylation is 1. The van der Waals surface area contributed by atoms with Crippen LogP contribution in [0, 0.1) is 5.92 Å². The molecule has 1 heterocycles. The third-order valence-electron chi connectivity index (χ3n) is 2.13. The molecule has 0 amide bonds. The average molecular weight is 247 g/mol. The fraction of sp³-hybridized carbons (Fsp3) is 0.600. The number of furan rings is 1. The minimum atomic E-state index is -0.239. The Labute approximate surface area is 87.1 Å². The van der Waals surface area contributed by atoms with Crippen molar-refractivity contribution >= 4 is 15.9 Å². The van der Waals surface area contributed by atoms with Gasteiger partial charge >= 0.3 is 0 Å². The zero-order valence-electron chi connectivity index (χ0n) is 7.96. The summed E-state index contributed by atoms with van der Waals surface area (Å²) < 4.78 is 6.23. The highest BCUT2D eigenvalue weighted by atomic mass is 79.9. The molecule has 74 valence electrons. The summed E-state index contributed by atoms with van der Waals surface area (Å²) in [7, 11) is 0. The fourth-order valence-electron chi connectivity index (χ4n) is 1.12. The lowest BCUT2D eigenvalue weighted by Crippen LogP contribution is -2.15. The van der Waals surface area contributed by atoms with E-state index in [9.17, 15) is 5.11 Å². The second-order valence-electron chi connectivity index (χ2n) is 3.54. The number of rotatable bonds is 4. The molecule has 1 unspecified atom stereocenters. The molecule has 0 bridgehead atoms. The van der Waals surface area contributed by atoms with E-state index in [0.717, 1.165) is 23.1 Å². The topological polar surface area (TPSA) is 33.4 Å². The molecule has 2 nitrogen and oxygen atoms in total. The van der Waals surface area contributed by atoms with Gasteiger partial charge in [0.05, 0.1) is 16.8 Å².